The van der Waals surface area contributed by atoms with Crippen LogP contribution in [0.5, 0.6) is 0 Å². The Morgan fingerprint density at radius 2 is 1.45 bits per heavy atom. The van der Waals surface area contributed by atoms with Crippen molar-refractivity contribution >= 4 is 43.5 Å². The van der Waals surface area contributed by atoms with Crippen LogP contribution in [-0.4, -0.2) is 43.8 Å². The molecular weight excluding hydrogens is 566 g/mol. The molecule has 3 aromatic rings. The molecule has 0 aliphatic rings. The molecule has 0 aromatic heterocycles. The fourth-order valence-corrected chi connectivity index (χ4v) is 5.62. The normalized spacial score (nSPS) is 12.2. The molecule has 0 heterocycles. The van der Waals surface area contributed by atoms with E-state index in [1.165, 1.54) is 17.0 Å². The second-order valence-corrected chi connectivity index (χ2v) is 12.1. The van der Waals surface area contributed by atoms with Gasteiger partial charge in [0.1, 0.15) is 12.6 Å². The minimum atomic E-state index is -4.07. The quantitative estimate of drug-likeness (QED) is 0.330. The maximum absolute atomic E-state index is 13.9. The number of aryl methyl sites for hydroxylation is 1. The van der Waals surface area contributed by atoms with E-state index in [2.05, 4.69) is 21.2 Å². The summed E-state index contributed by atoms with van der Waals surface area (Å²) in [6.07, 6.45) is 0.800. The molecule has 0 bridgehead atoms. The standard InChI is InChI=1S/C29H34BrN3O4S/c1-5-23-13-17-26(18-14-23)33(38(36,37)27-9-7-6-8-10-27)20-28(34)32(22(4)29(35)31-21(2)3)19-24-11-15-25(30)16-12-24/h6-18,21-22H,5,19-20H2,1-4H3,(H,31,35). The Morgan fingerprint density at radius 1 is 0.868 bits per heavy atom. The lowest BCUT2D eigenvalue weighted by Crippen LogP contribution is -2.52. The first-order chi connectivity index (χ1) is 18.0. The summed E-state index contributed by atoms with van der Waals surface area (Å²) in [7, 11) is -4.07. The number of carbonyl (C=O) groups is 2. The molecule has 0 aliphatic heterocycles. The molecule has 38 heavy (non-hydrogen) atoms. The maximum Gasteiger partial charge on any atom is 0.264 e. The van der Waals surface area contributed by atoms with Crippen molar-refractivity contribution in [3.8, 4) is 0 Å². The molecule has 1 unspecified atom stereocenters. The summed E-state index contributed by atoms with van der Waals surface area (Å²) in [6.45, 7) is 7.05. The highest BCUT2D eigenvalue weighted by atomic mass is 79.9. The van der Waals surface area contributed by atoms with Crippen molar-refractivity contribution in [3.63, 3.8) is 0 Å². The Bertz CT molecular complexity index is 1330. The molecule has 0 saturated carbocycles. The maximum atomic E-state index is 13.9. The van der Waals surface area contributed by atoms with Crippen LogP contribution in [-0.2, 0) is 32.6 Å². The molecule has 0 radical (unpaired) electrons. The van der Waals surface area contributed by atoms with Gasteiger partial charge in [-0.3, -0.25) is 13.9 Å². The van der Waals surface area contributed by atoms with Gasteiger partial charge in [0.15, 0.2) is 0 Å². The number of rotatable bonds is 11. The molecule has 1 atom stereocenters. The van der Waals surface area contributed by atoms with E-state index in [4.69, 9.17) is 0 Å². The van der Waals surface area contributed by atoms with Gasteiger partial charge in [-0.05, 0) is 74.7 Å². The summed E-state index contributed by atoms with van der Waals surface area (Å²) in [6, 6.07) is 21.7. The third kappa shape index (κ3) is 7.45. The zero-order chi connectivity index (χ0) is 27.9. The highest BCUT2D eigenvalue weighted by Crippen LogP contribution is 2.25. The molecule has 2 amide bonds. The average Bonchev–Trinajstić information content (AvgIpc) is 2.91. The SMILES string of the molecule is CCc1ccc(N(CC(=O)N(Cc2ccc(Br)cc2)C(C)C(=O)NC(C)C)S(=O)(=O)c2ccccc2)cc1. The monoisotopic (exact) mass is 599 g/mol. The third-order valence-electron chi connectivity index (χ3n) is 6.11. The molecule has 0 fully saturated rings. The molecular formula is C29H34BrN3O4S. The van der Waals surface area contributed by atoms with Crippen LogP contribution in [0, 0.1) is 0 Å². The number of halogens is 1. The van der Waals surface area contributed by atoms with Crippen molar-refractivity contribution in [2.75, 3.05) is 10.8 Å². The molecule has 0 saturated heterocycles. The van der Waals surface area contributed by atoms with Crippen LogP contribution in [0.25, 0.3) is 0 Å². The number of carbonyl (C=O) groups excluding carboxylic acids is 2. The number of sulfonamides is 1. The third-order valence-corrected chi connectivity index (χ3v) is 8.42. The smallest absolute Gasteiger partial charge is 0.264 e. The topological polar surface area (TPSA) is 86.8 Å². The first kappa shape index (κ1) is 29.4. The molecule has 0 spiro atoms. The first-order valence-corrected chi connectivity index (χ1v) is 14.8. The molecule has 0 aliphatic carbocycles. The largest absolute Gasteiger partial charge is 0.352 e. The van der Waals surface area contributed by atoms with Gasteiger partial charge in [0.2, 0.25) is 11.8 Å². The molecule has 3 aromatic carbocycles. The predicted molar refractivity (Wildman–Crippen MR) is 154 cm³/mol. The van der Waals surface area contributed by atoms with Gasteiger partial charge in [-0.15, -0.1) is 0 Å². The van der Waals surface area contributed by atoms with Gasteiger partial charge in [-0.1, -0.05) is 65.3 Å². The highest BCUT2D eigenvalue weighted by Gasteiger charge is 2.32. The van der Waals surface area contributed by atoms with Crippen molar-refractivity contribution in [3.05, 3.63) is 94.5 Å². The van der Waals surface area contributed by atoms with Crippen LogP contribution in [0.4, 0.5) is 5.69 Å². The van der Waals surface area contributed by atoms with E-state index >= 15 is 0 Å². The van der Waals surface area contributed by atoms with Gasteiger partial charge in [0.05, 0.1) is 10.6 Å². The van der Waals surface area contributed by atoms with Crippen LogP contribution >= 0.6 is 15.9 Å². The number of nitrogens with zero attached hydrogens (tertiary/aromatic N) is 2. The minimum Gasteiger partial charge on any atom is -0.352 e. The fraction of sp³-hybridized carbons (Fsp3) is 0.310. The highest BCUT2D eigenvalue weighted by molar-refractivity contribution is 9.10. The Morgan fingerprint density at radius 3 is 2.00 bits per heavy atom. The number of hydrogen-bond donors (Lipinski definition) is 1. The van der Waals surface area contributed by atoms with E-state index in [9.17, 15) is 18.0 Å². The Labute approximate surface area is 234 Å². The summed E-state index contributed by atoms with van der Waals surface area (Å²) in [5.74, 6) is -0.798. The zero-order valence-electron chi connectivity index (χ0n) is 22.1. The second-order valence-electron chi connectivity index (χ2n) is 9.33. The summed E-state index contributed by atoms with van der Waals surface area (Å²) >= 11 is 3.41. The van der Waals surface area contributed by atoms with Gasteiger partial charge in [-0.2, -0.15) is 0 Å². The van der Waals surface area contributed by atoms with Crippen LogP contribution < -0.4 is 9.62 Å². The fourth-order valence-electron chi connectivity index (χ4n) is 3.92. The molecule has 9 heteroatoms. The van der Waals surface area contributed by atoms with E-state index in [-0.39, 0.29) is 23.4 Å². The van der Waals surface area contributed by atoms with Gasteiger partial charge in [0.25, 0.3) is 10.0 Å². The first-order valence-electron chi connectivity index (χ1n) is 12.5. The van der Waals surface area contributed by atoms with Crippen molar-refractivity contribution in [1.29, 1.82) is 0 Å². The number of benzene rings is 3. The minimum absolute atomic E-state index is 0.0810. The Hall–Kier alpha value is -3.17. The summed E-state index contributed by atoms with van der Waals surface area (Å²) in [5.41, 5.74) is 2.24. The van der Waals surface area contributed by atoms with E-state index in [0.29, 0.717) is 5.69 Å². The van der Waals surface area contributed by atoms with Crippen molar-refractivity contribution in [2.24, 2.45) is 0 Å². The van der Waals surface area contributed by atoms with Gasteiger partial charge in [0, 0.05) is 17.1 Å². The predicted octanol–water partition coefficient (Wildman–Crippen LogP) is 5.15. The van der Waals surface area contributed by atoms with Crippen molar-refractivity contribution < 1.29 is 18.0 Å². The van der Waals surface area contributed by atoms with Crippen molar-refractivity contribution in [2.45, 2.75) is 57.6 Å². The lowest BCUT2D eigenvalue weighted by atomic mass is 10.1. The van der Waals surface area contributed by atoms with E-state index in [1.807, 2.05) is 57.2 Å². The van der Waals surface area contributed by atoms with Crippen LogP contribution in [0.2, 0.25) is 0 Å². The molecule has 3 rings (SSSR count). The van der Waals surface area contributed by atoms with E-state index in [0.717, 1.165) is 26.3 Å². The van der Waals surface area contributed by atoms with Crippen LogP contribution in [0.3, 0.4) is 0 Å². The number of nitrogens with one attached hydrogen (secondary N) is 1. The second kappa shape index (κ2) is 13.1. The molecule has 1 N–H and O–H groups in total. The molecule has 202 valence electrons. The van der Waals surface area contributed by atoms with E-state index in [1.54, 1.807) is 37.3 Å². The van der Waals surface area contributed by atoms with Crippen LogP contribution in [0.15, 0.2) is 88.2 Å². The van der Waals surface area contributed by atoms with Gasteiger partial charge in [-0.25, -0.2) is 8.42 Å². The summed E-state index contributed by atoms with van der Waals surface area (Å²) in [5, 5.41) is 2.85. The Balaban J connectivity index is 2.01. The zero-order valence-corrected chi connectivity index (χ0v) is 24.5. The lowest BCUT2D eigenvalue weighted by molar-refractivity contribution is -0.139. The van der Waals surface area contributed by atoms with Gasteiger partial charge >= 0.3 is 0 Å². The summed E-state index contributed by atoms with van der Waals surface area (Å²) in [4.78, 5) is 28.3. The number of hydrogen-bond acceptors (Lipinski definition) is 4. The van der Waals surface area contributed by atoms with E-state index < -0.39 is 28.5 Å². The Kier molecular flexibility index (Phi) is 10.1. The molecule has 7 nitrogen and oxygen atoms in total. The van der Waals surface area contributed by atoms with Gasteiger partial charge < -0.3 is 10.2 Å². The number of anilines is 1. The average molecular weight is 601 g/mol. The van der Waals surface area contributed by atoms with Crippen molar-refractivity contribution in [1.82, 2.24) is 10.2 Å². The summed E-state index contributed by atoms with van der Waals surface area (Å²) < 4.78 is 29.5. The lowest BCUT2D eigenvalue weighted by Gasteiger charge is -2.32. The number of amides is 2. The van der Waals surface area contributed by atoms with Crippen LogP contribution in [0.1, 0.15) is 38.8 Å².